The molecule has 1 aromatic rings. The van der Waals surface area contributed by atoms with Gasteiger partial charge in [-0.15, -0.1) is 0 Å². The van der Waals surface area contributed by atoms with Crippen molar-refractivity contribution < 1.29 is 18.8 Å². The quantitative estimate of drug-likeness (QED) is 0.703. The van der Waals surface area contributed by atoms with E-state index >= 15 is 0 Å². The summed E-state index contributed by atoms with van der Waals surface area (Å²) in [5, 5.41) is 0. The molecule has 1 saturated carbocycles. The summed E-state index contributed by atoms with van der Waals surface area (Å²) < 4.78 is 5.06. The maximum absolute atomic E-state index is 13.0. The highest BCUT2D eigenvalue weighted by atomic mass is 16.3. The van der Waals surface area contributed by atoms with Crippen molar-refractivity contribution in [1.82, 2.24) is 0 Å². The van der Waals surface area contributed by atoms with Crippen molar-refractivity contribution in [3.05, 3.63) is 24.2 Å². The summed E-state index contributed by atoms with van der Waals surface area (Å²) in [6.45, 7) is 7.54. The number of rotatable bonds is 7. The molecule has 0 radical (unpaired) electrons. The van der Waals surface area contributed by atoms with E-state index in [9.17, 15) is 14.4 Å². The molecule has 132 valence electrons. The Hall–Kier alpha value is -1.71. The van der Waals surface area contributed by atoms with Crippen LogP contribution >= 0.6 is 0 Å². The Morgan fingerprint density at radius 1 is 1.21 bits per heavy atom. The van der Waals surface area contributed by atoms with Gasteiger partial charge in [-0.05, 0) is 42.2 Å². The van der Waals surface area contributed by atoms with E-state index in [1.165, 1.54) is 6.92 Å². The van der Waals surface area contributed by atoms with Crippen molar-refractivity contribution >= 4 is 17.3 Å². The van der Waals surface area contributed by atoms with Crippen LogP contribution in [0.15, 0.2) is 23.0 Å². The Balaban J connectivity index is 2.19. The molecule has 0 aromatic carbocycles. The third-order valence-corrected chi connectivity index (χ3v) is 5.87. The highest BCUT2D eigenvalue weighted by molar-refractivity contribution is 6.36. The van der Waals surface area contributed by atoms with E-state index in [1.807, 2.05) is 13.0 Å². The second-order valence-electron chi connectivity index (χ2n) is 8.05. The summed E-state index contributed by atoms with van der Waals surface area (Å²) in [6, 6.07) is 1.87. The molecule has 0 spiro atoms. The van der Waals surface area contributed by atoms with Crippen LogP contribution in [0.4, 0.5) is 0 Å². The molecule has 0 bridgehead atoms. The first-order valence-electron chi connectivity index (χ1n) is 8.75. The summed E-state index contributed by atoms with van der Waals surface area (Å²) in [4.78, 5) is 36.6. The fourth-order valence-electron chi connectivity index (χ4n) is 4.26. The average Bonchev–Trinajstić information content (AvgIpc) is 3.01. The van der Waals surface area contributed by atoms with Gasteiger partial charge in [0.2, 0.25) is 0 Å². The maximum Gasteiger partial charge on any atom is 0.198 e. The third-order valence-electron chi connectivity index (χ3n) is 5.87. The molecule has 4 heteroatoms. The van der Waals surface area contributed by atoms with Crippen LogP contribution in [-0.4, -0.2) is 17.3 Å². The van der Waals surface area contributed by atoms with Crippen molar-refractivity contribution in [2.45, 2.75) is 66.2 Å². The van der Waals surface area contributed by atoms with Crippen molar-refractivity contribution in [2.75, 3.05) is 0 Å². The fraction of sp³-hybridized carbons (Fsp3) is 0.650. The van der Waals surface area contributed by atoms with Crippen molar-refractivity contribution in [1.29, 1.82) is 0 Å². The predicted octanol–water partition coefficient (Wildman–Crippen LogP) is 4.16. The van der Waals surface area contributed by atoms with Gasteiger partial charge in [-0.1, -0.05) is 27.2 Å². The van der Waals surface area contributed by atoms with Gasteiger partial charge in [0, 0.05) is 25.2 Å². The standard InChI is InChI=1S/C20H28O4/c1-14(21)16(22)12-17-19(2,3)9-5-10-20(17,4)18(23)7-6-15-8-11-24-13-15/h8,11,13,17H,5-7,9-10,12H2,1-4H3/t17-,20-/m0/s1. The molecule has 24 heavy (non-hydrogen) atoms. The summed E-state index contributed by atoms with van der Waals surface area (Å²) >= 11 is 0. The van der Waals surface area contributed by atoms with Gasteiger partial charge in [-0.3, -0.25) is 14.4 Å². The van der Waals surface area contributed by atoms with Crippen LogP contribution in [0.1, 0.15) is 65.4 Å². The molecular weight excluding hydrogens is 304 g/mol. The van der Waals surface area contributed by atoms with E-state index in [0.29, 0.717) is 12.8 Å². The smallest absolute Gasteiger partial charge is 0.198 e. The van der Waals surface area contributed by atoms with Crippen LogP contribution in [0.3, 0.4) is 0 Å². The number of furan rings is 1. The van der Waals surface area contributed by atoms with E-state index in [-0.39, 0.29) is 29.3 Å². The Bertz CT molecular complexity index is 612. The highest BCUT2D eigenvalue weighted by Crippen LogP contribution is 2.53. The monoisotopic (exact) mass is 332 g/mol. The van der Waals surface area contributed by atoms with Gasteiger partial charge in [-0.2, -0.15) is 0 Å². The van der Waals surface area contributed by atoms with Gasteiger partial charge in [-0.25, -0.2) is 0 Å². The summed E-state index contributed by atoms with van der Waals surface area (Å²) in [7, 11) is 0. The molecule has 1 heterocycles. The largest absolute Gasteiger partial charge is 0.472 e. The van der Waals surface area contributed by atoms with Crippen LogP contribution in [0.25, 0.3) is 0 Å². The first kappa shape index (κ1) is 18.6. The molecule has 0 unspecified atom stereocenters. The Labute approximate surface area is 144 Å². The van der Waals surface area contributed by atoms with E-state index in [0.717, 1.165) is 24.8 Å². The maximum atomic E-state index is 13.0. The zero-order chi connectivity index (χ0) is 18.0. The number of aryl methyl sites for hydroxylation is 1. The second kappa shape index (κ2) is 7.04. The van der Waals surface area contributed by atoms with Crippen molar-refractivity contribution in [2.24, 2.45) is 16.7 Å². The number of carbonyl (C=O) groups is 3. The lowest BCUT2D eigenvalue weighted by molar-refractivity contribution is -0.144. The zero-order valence-electron chi connectivity index (χ0n) is 15.2. The lowest BCUT2D eigenvalue weighted by Gasteiger charge is -2.50. The SMILES string of the molecule is CC(=O)C(=O)C[C@H]1C(C)(C)CCC[C@]1(C)C(=O)CCc1ccoc1. The molecular formula is C20H28O4. The second-order valence-corrected chi connectivity index (χ2v) is 8.05. The van der Waals surface area contributed by atoms with Crippen molar-refractivity contribution in [3.63, 3.8) is 0 Å². The summed E-state index contributed by atoms with van der Waals surface area (Å²) in [6.07, 6.45) is 7.29. The molecule has 4 nitrogen and oxygen atoms in total. The number of ketones is 3. The molecule has 1 aliphatic rings. The van der Waals surface area contributed by atoms with E-state index in [2.05, 4.69) is 13.8 Å². The number of carbonyl (C=O) groups excluding carboxylic acids is 3. The molecule has 2 atom stereocenters. The van der Waals surface area contributed by atoms with E-state index < -0.39 is 11.2 Å². The number of hydrogen-bond acceptors (Lipinski definition) is 4. The van der Waals surface area contributed by atoms with Gasteiger partial charge in [0.25, 0.3) is 0 Å². The first-order valence-corrected chi connectivity index (χ1v) is 8.75. The van der Waals surface area contributed by atoms with Gasteiger partial charge < -0.3 is 4.42 Å². The number of Topliss-reactive ketones (excluding diaryl/α,β-unsaturated/α-hetero) is 3. The van der Waals surface area contributed by atoms with Crippen molar-refractivity contribution in [3.8, 4) is 0 Å². The molecule has 0 N–H and O–H groups in total. The Kier molecular flexibility index (Phi) is 5.46. The van der Waals surface area contributed by atoms with Crippen LogP contribution in [-0.2, 0) is 20.8 Å². The average molecular weight is 332 g/mol. The molecule has 1 fully saturated rings. The van der Waals surface area contributed by atoms with E-state index in [1.54, 1.807) is 12.5 Å². The zero-order valence-corrected chi connectivity index (χ0v) is 15.2. The minimum absolute atomic E-state index is 0.0907. The van der Waals surface area contributed by atoms with Crippen LogP contribution in [0, 0.1) is 16.7 Å². The van der Waals surface area contributed by atoms with E-state index in [4.69, 9.17) is 4.42 Å². The minimum Gasteiger partial charge on any atom is -0.472 e. The predicted molar refractivity (Wildman–Crippen MR) is 91.6 cm³/mol. The highest BCUT2D eigenvalue weighted by Gasteiger charge is 2.50. The topological polar surface area (TPSA) is 64.3 Å². The molecule has 1 aliphatic carbocycles. The molecule has 0 saturated heterocycles. The molecule has 1 aromatic heterocycles. The molecule has 0 aliphatic heterocycles. The fourth-order valence-corrected chi connectivity index (χ4v) is 4.26. The van der Waals surface area contributed by atoms with Crippen LogP contribution in [0.2, 0.25) is 0 Å². The third kappa shape index (κ3) is 3.85. The Morgan fingerprint density at radius 2 is 1.92 bits per heavy atom. The lowest BCUT2D eigenvalue weighted by atomic mass is 9.53. The molecule has 0 amide bonds. The minimum atomic E-state index is -0.545. The lowest BCUT2D eigenvalue weighted by Crippen LogP contribution is -2.48. The van der Waals surface area contributed by atoms with Gasteiger partial charge >= 0.3 is 0 Å². The van der Waals surface area contributed by atoms with Gasteiger partial charge in [0.15, 0.2) is 11.6 Å². The summed E-state index contributed by atoms with van der Waals surface area (Å²) in [5.74, 6) is -0.668. The normalized spacial score (nSPS) is 26.1. The Morgan fingerprint density at radius 3 is 2.50 bits per heavy atom. The first-order chi connectivity index (χ1) is 11.2. The van der Waals surface area contributed by atoms with Gasteiger partial charge in [0.05, 0.1) is 12.5 Å². The van der Waals surface area contributed by atoms with Crippen LogP contribution < -0.4 is 0 Å². The number of hydrogen-bond donors (Lipinski definition) is 0. The van der Waals surface area contributed by atoms with Gasteiger partial charge in [0.1, 0.15) is 5.78 Å². The summed E-state index contributed by atoms with van der Waals surface area (Å²) in [5.41, 5.74) is 0.346. The van der Waals surface area contributed by atoms with Crippen LogP contribution in [0.5, 0.6) is 0 Å². The molecule has 2 rings (SSSR count).